The number of carbonyl (C=O) groups is 1. The second-order valence-corrected chi connectivity index (χ2v) is 10.9. The Morgan fingerprint density at radius 3 is 2.90 bits per heavy atom. The molecule has 4 nitrogen and oxygen atoms in total. The first kappa shape index (κ1) is 22.6. The standard InChI is InChI=1S/C26H36N2O2S/c1-5-31-13-10-20-16-28-12-9-19(20)15-24(28)25(30-26(29)17(2)3)21-8-11-27-23-7-6-18(4)14-22(21)23/h6-8,11,14,17,19-20,24-25H,5,9-10,12-13,15-16H2,1-4H3/p+1/t19?,20?,24-,25?/m0/s1. The molecule has 1 aromatic heterocycles. The maximum atomic E-state index is 12.8. The molecule has 2 bridgehead atoms. The molecule has 2 aromatic rings. The van der Waals surface area contributed by atoms with Crippen LogP contribution in [0.3, 0.4) is 0 Å². The highest BCUT2D eigenvalue weighted by Gasteiger charge is 2.45. The van der Waals surface area contributed by atoms with Gasteiger partial charge >= 0.3 is 7.40 Å². The first-order valence-electron chi connectivity index (χ1n) is 11.9. The molecule has 4 heterocycles. The van der Waals surface area contributed by atoms with Crippen molar-refractivity contribution in [1.82, 2.24) is 9.88 Å². The molecular weight excluding hydrogens is 404 g/mol. The highest BCUT2D eigenvalue weighted by atomic mass is 32.2. The molecule has 3 aliphatic heterocycles. The van der Waals surface area contributed by atoms with Gasteiger partial charge in [0.1, 0.15) is 6.10 Å². The van der Waals surface area contributed by atoms with Crippen LogP contribution in [0.5, 0.6) is 0 Å². The number of aryl methyl sites for hydroxylation is 1. The Labute approximate surface area is 192 Å². The van der Waals surface area contributed by atoms with Gasteiger partial charge in [-0.2, -0.15) is 11.8 Å². The zero-order valence-electron chi connectivity index (χ0n) is 20.3. The third kappa shape index (κ3) is 4.93. The first-order chi connectivity index (χ1) is 15.0. The van der Waals surface area contributed by atoms with E-state index in [0.29, 0.717) is 0 Å². The van der Waals surface area contributed by atoms with Crippen molar-refractivity contribution in [2.24, 2.45) is 17.8 Å². The van der Waals surface area contributed by atoms with Crippen LogP contribution in [0, 0.1) is 24.7 Å². The average molecular weight is 442 g/mol. The Kier molecular flexibility index (Phi) is 7.22. The summed E-state index contributed by atoms with van der Waals surface area (Å²) in [6.07, 6.45) is 5.33. The van der Waals surface area contributed by atoms with E-state index in [4.69, 9.17) is 4.74 Å². The molecule has 0 spiro atoms. The van der Waals surface area contributed by atoms with E-state index in [-0.39, 0.29) is 25.5 Å². The first-order valence-corrected chi connectivity index (χ1v) is 13.0. The number of carbonyl (C=O) groups excluding carboxylic acids is 1. The van der Waals surface area contributed by atoms with Gasteiger partial charge in [0.15, 0.2) is 0 Å². The summed E-state index contributed by atoms with van der Waals surface area (Å²) in [5.74, 6) is 3.74. The van der Waals surface area contributed by atoms with E-state index in [1.54, 1.807) is 0 Å². The summed E-state index contributed by atoms with van der Waals surface area (Å²) in [6, 6.07) is 8.68. The predicted molar refractivity (Wildman–Crippen MR) is 130 cm³/mol. The number of ether oxygens (including phenoxy) is 1. The predicted octanol–water partition coefficient (Wildman–Crippen LogP) is 5.75. The second kappa shape index (κ2) is 9.91. The minimum atomic E-state index is -0.240. The van der Waals surface area contributed by atoms with Crippen LogP contribution in [0.25, 0.3) is 10.9 Å². The lowest BCUT2D eigenvalue weighted by atomic mass is 9.72. The highest BCUT2D eigenvalue weighted by Crippen LogP contribution is 2.44. The van der Waals surface area contributed by atoms with Crippen molar-refractivity contribution in [3.63, 3.8) is 0 Å². The SMILES string of the molecule is CCSCCC1CN2CCC1C[C@H]2C(OC(=O)C(C)C)c1ccnc2ccc(C)cc12.[H+]. The number of esters is 1. The fourth-order valence-electron chi connectivity index (χ4n) is 5.34. The average Bonchev–Trinajstić information content (AvgIpc) is 2.77. The minimum absolute atomic E-state index is 0. The lowest BCUT2D eigenvalue weighted by Crippen LogP contribution is -2.56. The van der Waals surface area contributed by atoms with Gasteiger partial charge in [0.25, 0.3) is 0 Å². The van der Waals surface area contributed by atoms with Crippen LogP contribution >= 0.6 is 11.8 Å². The van der Waals surface area contributed by atoms with Gasteiger partial charge in [0.05, 0.1) is 17.5 Å². The van der Waals surface area contributed by atoms with Gasteiger partial charge in [0, 0.05) is 23.7 Å². The molecule has 3 saturated heterocycles. The van der Waals surface area contributed by atoms with Gasteiger partial charge in [-0.3, -0.25) is 14.7 Å². The monoisotopic (exact) mass is 441 g/mol. The number of aromatic nitrogens is 1. The van der Waals surface area contributed by atoms with Crippen molar-refractivity contribution >= 4 is 28.6 Å². The number of hydrogen-bond donors (Lipinski definition) is 0. The normalized spacial score (nSPS) is 26.4. The number of benzene rings is 1. The molecule has 4 unspecified atom stereocenters. The molecule has 5 heteroatoms. The molecule has 5 rings (SSSR count). The number of hydrogen-bond acceptors (Lipinski definition) is 5. The fraction of sp³-hybridized carbons (Fsp3) is 0.615. The summed E-state index contributed by atoms with van der Waals surface area (Å²) in [4.78, 5) is 19.9. The Morgan fingerprint density at radius 1 is 1.35 bits per heavy atom. The van der Waals surface area contributed by atoms with Gasteiger partial charge < -0.3 is 4.74 Å². The molecule has 5 atom stereocenters. The Bertz CT molecular complexity index is 922. The molecule has 3 fully saturated rings. The fourth-order valence-corrected chi connectivity index (χ4v) is 6.10. The molecule has 3 aliphatic rings. The van der Waals surface area contributed by atoms with Crippen LogP contribution in [0.1, 0.15) is 58.7 Å². The summed E-state index contributed by atoms with van der Waals surface area (Å²) >= 11 is 2.05. The van der Waals surface area contributed by atoms with Gasteiger partial charge in [-0.1, -0.05) is 32.4 Å². The van der Waals surface area contributed by atoms with E-state index in [1.807, 2.05) is 20.0 Å². The maximum absolute atomic E-state index is 12.8. The smallest absolute Gasteiger partial charge is 0.456 e. The van der Waals surface area contributed by atoms with Crippen LogP contribution in [-0.2, 0) is 9.53 Å². The summed E-state index contributed by atoms with van der Waals surface area (Å²) in [7, 11) is 0. The molecule has 168 valence electrons. The van der Waals surface area contributed by atoms with Crippen LogP contribution < -0.4 is 0 Å². The van der Waals surface area contributed by atoms with Gasteiger partial charge in [0.2, 0.25) is 0 Å². The molecule has 31 heavy (non-hydrogen) atoms. The van der Waals surface area contributed by atoms with E-state index in [0.717, 1.165) is 47.8 Å². The molecule has 0 aliphatic carbocycles. The molecule has 0 saturated carbocycles. The Balaban J connectivity index is 0.00000289. The van der Waals surface area contributed by atoms with Crippen LogP contribution in [0.4, 0.5) is 0 Å². The highest BCUT2D eigenvalue weighted by molar-refractivity contribution is 7.99. The van der Waals surface area contributed by atoms with Gasteiger partial charge in [-0.05, 0) is 74.3 Å². The van der Waals surface area contributed by atoms with Crippen molar-refractivity contribution in [2.45, 2.75) is 59.1 Å². The van der Waals surface area contributed by atoms with Crippen LogP contribution in [-0.4, -0.2) is 46.5 Å². The third-order valence-corrected chi connectivity index (χ3v) is 8.01. The second-order valence-electron chi connectivity index (χ2n) is 9.53. The molecule has 1 aromatic carbocycles. The van der Waals surface area contributed by atoms with E-state index in [1.165, 1.54) is 29.9 Å². The molecular formula is C26H37N2O2S+. The number of fused-ring (bicyclic) bond motifs is 4. The van der Waals surface area contributed by atoms with Crippen molar-refractivity contribution in [2.75, 3.05) is 24.6 Å². The number of pyridine rings is 1. The zero-order valence-corrected chi connectivity index (χ0v) is 20.2. The summed E-state index contributed by atoms with van der Waals surface area (Å²) in [6.45, 7) is 10.4. The number of nitrogens with zero attached hydrogens (tertiary/aromatic N) is 2. The largest absolute Gasteiger partial charge is 1.00 e. The third-order valence-electron chi connectivity index (χ3n) is 7.07. The van der Waals surface area contributed by atoms with Crippen molar-refractivity contribution < 1.29 is 11.0 Å². The lowest BCUT2D eigenvalue weighted by Gasteiger charge is -2.52. The number of piperidine rings is 3. The van der Waals surface area contributed by atoms with Gasteiger partial charge in [-0.15, -0.1) is 0 Å². The zero-order chi connectivity index (χ0) is 22.0. The summed E-state index contributed by atoms with van der Waals surface area (Å²) in [5.41, 5.74) is 3.28. The number of rotatable bonds is 8. The lowest BCUT2D eigenvalue weighted by molar-refractivity contribution is -0.161. The minimum Gasteiger partial charge on any atom is -0.456 e. The molecule has 0 amide bonds. The van der Waals surface area contributed by atoms with Crippen molar-refractivity contribution in [3.8, 4) is 0 Å². The molecule has 0 N–H and O–H groups in total. The molecule has 0 radical (unpaired) electrons. The van der Waals surface area contributed by atoms with Crippen LogP contribution in [0.15, 0.2) is 30.5 Å². The summed E-state index contributed by atoms with van der Waals surface area (Å²) < 4.78 is 6.26. The van der Waals surface area contributed by atoms with Crippen molar-refractivity contribution in [1.29, 1.82) is 0 Å². The topological polar surface area (TPSA) is 42.4 Å². The maximum Gasteiger partial charge on any atom is 1.00 e. The van der Waals surface area contributed by atoms with Crippen molar-refractivity contribution in [3.05, 3.63) is 41.6 Å². The van der Waals surface area contributed by atoms with E-state index < -0.39 is 0 Å². The Morgan fingerprint density at radius 2 is 2.19 bits per heavy atom. The van der Waals surface area contributed by atoms with Gasteiger partial charge in [-0.25, -0.2) is 0 Å². The summed E-state index contributed by atoms with van der Waals surface area (Å²) in [5, 5.41) is 1.11. The quantitative estimate of drug-likeness (QED) is 0.385. The number of thioether (sulfide) groups is 1. The van der Waals surface area contributed by atoms with Crippen LogP contribution in [0.2, 0.25) is 0 Å². The van der Waals surface area contributed by atoms with E-state index >= 15 is 0 Å². The van der Waals surface area contributed by atoms with E-state index in [9.17, 15) is 4.79 Å². The van der Waals surface area contributed by atoms with E-state index in [2.05, 4.69) is 59.8 Å². The Hall–Kier alpha value is -1.59.